The zero-order valence-electron chi connectivity index (χ0n) is 30.8. The Hall–Kier alpha value is -2.94. The Labute approximate surface area is 276 Å². The molecule has 0 spiro atoms. The molecule has 2 unspecified atom stereocenters. The third-order valence-electron chi connectivity index (χ3n) is 8.84. The Morgan fingerprint density at radius 1 is 0.667 bits per heavy atom. The predicted molar refractivity (Wildman–Crippen MR) is 195 cm³/mol. The SMILES string of the molecule is CC(C)CC(C)N(Cc1cc(C(C)(C)C)c(O)c(C(C)(C)C)c1O)c1ccc(Cc2ccc(CC(C)CC(C)(C)C)cc2)cc1. The van der Waals surface area contributed by atoms with Crippen molar-refractivity contribution >= 4 is 5.69 Å². The van der Waals surface area contributed by atoms with Crippen LogP contribution < -0.4 is 4.90 Å². The van der Waals surface area contributed by atoms with Gasteiger partial charge in [0.2, 0.25) is 0 Å². The van der Waals surface area contributed by atoms with Crippen molar-refractivity contribution in [1.82, 2.24) is 0 Å². The summed E-state index contributed by atoms with van der Waals surface area (Å²) in [4.78, 5) is 2.42. The minimum atomic E-state index is -0.400. The van der Waals surface area contributed by atoms with E-state index in [4.69, 9.17) is 0 Å². The summed E-state index contributed by atoms with van der Waals surface area (Å²) in [6.45, 7) is 29.2. The number of benzene rings is 3. The Morgan fingerprint density at radius 2 is 1.18 bits per heavy atom. The molecular weight excluding hydrogens is 550 g/mol. The van der Waals surface area contributed by atoms with E-state index in [0.717, 1.165) is 36.1 Å². The molecule has 0 aliphatic carbocycles. The van der Waals surface area contributed by atoms with Gasteiger partial charge in [-0.25, -0.2) is 0 Å². The molecular formula is C42H63NO2. The van der Waals surface area contributed by atoms with Crippen molar-refractivity contribution in [2.45, 2.75) is 139 Å². The fourth-order valence-corrected chi connectivity index (χ4v) is 6.97. The number of rotatable bonds is 11. The van der Waals surface area contributed by atoms with Crippen LogP contribution in [-0.4, -0.2) is 16.3 Å². The van der Waals surface area contributed by atoms with E-state index in [0.29, 0.717) is 29.4 Å². The van der Waals surface area contributed by atoms with Gasteiger partial charge in [0.25, 0.3) is 0 Å². The number of anilines is 1. The fourth-order valence-electron chi connectivity index (χ4n) is 6.97. The van der Waals surface area contributed by atoms with E-state index in [9.17, 15) is 10.2 Å². The van der Waals surface area contributed by atoms with Gasteiger partial charge in [-0.15, -0.1) is 0 Å². The molecule has 3 aromatic carbocycles. The number of hydrogen-bond acceptors (Lipinski definition) is 3. The molecule has 0 radical (unpaired) electrons. The van der Waals surface area contributed by atoms with Crippen LogP contribution in [0.5, 0.6) is 11.5 Å². The van der Waals surface area contributed by atoms with Crippen molar-refractivity contribution < 1.29 is 10.2 Å². The molecule has 3 aromatic rings. The van der Waals surface area contributed by atoms with Gasteiger partial charge >= 0.3 is 0 Å². The highest BCUT2D eigenvalue weighted by Crippen LogP contribution is 2.46. The third-order valence-corrected chi connectivity index (χ3v) is 8.84. The summed E-state index contributed by atoms with van der Waals surface area (Å²) in [6.07, 6.45) is 4.30. The minimum Gasteiger partial charge on any atom is -0.507 e. The van der Waals surface area contributed by atoms with E-state index >= 15 is 0 Å². The van der Waals surface area contributed by atoms with Crippen molar-refractivity contribution in [2.24, 2.45) is 17.3 Å². The van der Waals surface area contributed by atoms with Gasteiger partial charge in [0.1, 0.15) is 11.5 Å². The Bertz CT molecular complexity index is 1380. The number of nitrogens with zero attached hydrogens (tertiary/aromatic N) is 1. The topological polar surface area (TPSA) is 43.7 Å². The standard InChI is InChI=1S/C42H63NO2/c1-28(2)22-30(4)43(27-34-25-36(41(8,9)10)39(45)37(38(34)44)42(11,12)13)35-20-18-33(19-21-35)24-32-16-14-31(15-17-32)23-29(3)26-40(5,6)7/h14-21,25,28-30,44-45H,22-24,26-27H2,1-13H3. The van der Waals surface area contributed by atoms with E-state index in [1.165, 1.54) is 23.1 Å². The fraction of sp³-hybridized carbons (Fsp3) is 0.571. The summed E-state index contributed by atoms with van der Waals surface area (Å²) in [5.41, 5.74) is 7.27. The molecule has 0 saturated carbocycles. The monoisotopic (exact) mass is 613 g/mol. The second kappa shape index (κ2) is 14.2. The van der Waals surface area contributed by atoms with Crippen molar-refractivity contribution in [2.75, 3.05) is 4.90 Å². The van der Waals surface area contributed by atoms with Crippen LogP contribution in [0.15, 0.2) is 54.6 Å². The van der Waals surface area contributed by atoms with Crippen LogP contribution in [0.4, 0.5) is 5.69 Å². The van der Waals surface area contributed by atoms with E-state index in [-0.39, 0.29) is 23.0 Å². The van der Waals surface area contributed by atoms with Gasteiger partial charge in [-0.2, -0.15) is 0 Å². The summed E-state index contributed by atoms with van der Waals surface area (Å²) in [5, 5.41) is 22.9. The number of phenolic OH excluding ortho intramolecular Hbond substituents is 2. The highest BCUT2D eigenvalue weighted by molar-refractivity contribution is 5.60. The van der Waals surface area contributed by atoms with Crippen LogP contribution in [0, 0.1) is 17.3 Å². The van der Waals surface area contributed by atoms with Crippen LogP contribution in [0.1, 0.15) is 136 Å². The Kier molecular flexibility index (Phi) is 11.5. The molecule has 248 valence electrons. The van der Waals surface area contributed by atoms with Crippen molar-refractivity contribution in [3.8, 4) is 11.5 Å². The first-order valence-corrected chi connectivity index (χ1v) is 17.2. The van der Waals surface area contributed by atoms with Crippen LogP contribution >= 0.6 is 0 Å². The zero-order chi connectivity index (χ0) is 33.9. The molecule has 0 aromatic heterocycles. The molecule has 3 rings (SSSR count). The highest BCUT2D eigenvalue weighted by atomic mass is 16.3. The van der Waals surface area contributed by atoms with E-state index in [1.807, 2.05) is 6.07 Å². The lowest BCUT2D eigenvalue weighted by atomic mass is 9.77. The summed E-state index contributed by atoms with van der Waals surface area (Å²) in [7, 11) is 0. The molecule has 3 heteroatoms. The molecule has 45 heavy (non-hydrogen) atoms. The maximum Gasteiger partial charge on any atom is 0.128 e. The van der Waals surface area contributed by atoms with Crippen molar-refractivity contribution in [3.05, 3.63) is 88.0 Å². The van der Waals surface area contributed by atoms with Crippen LogP contribution in [0.2, 0.25) is 0 Å². The molecule has 0 fully saturated rings. The molecule has 2 N–H and O–H groups in total. The number of aromatic hydroxyl groups is 2. The Morgan fingerprint density at radius 3 is 1.64 bits per heavy atom. The molecule has 0 saturated heterocycles. The lowest BCUT2D eigenvalue weighted by Gasteiger charge is -2.35. The van der Waals surface area contributed by atoms with Gasteiger partial charge in [-0.1, -0.05) is 119 Å². The summed E-state index contributed by atoms with van der Waals surface area (Å²) in [6, 6.07) is 20.5. The van der Waals surface area contributed by atoms with Gasteiger partial charge in [0.15, 0.2) is 0 Å². The van der Waals surface area contributed by atoms with Gasteiger partial charge in [0, 0.05) is 35.0 Å². The van der Waals surface area contributed by atoms with Crippen molar-refractivity contribution in [1.29, 1.82) is 0 Å². The average Bonchev–Trinajstić information content (AvgIpc) is 2.87. The van der Waals surface area contributed by atoms with E-state index in [2.05, 4.69) is 143 Å². The molecule has 0 amide bonds. The van der Waals surface area contributed by atoms with E-state index < -0.39 is 5.41 Å². The number of phenols is 2. The maximum atomic E-state index is 11.6. The van der Waals surface area contributed by atoms with Gasteiger partial charge in [-0.3, -0.25) is 0 Å². The quantitative estimate of drug-likeness (QED) is 0.226. The molecule has 2 atom stereocenters. The van der Waals surface area contributed by atoms with Gasteiger partial charge in [-0.05, 0) is 95.6 Å². The second-order valence-electron chi connectivity index (χ2n) is 17.5. The summed E-state index contributed by atoms with van der Waals surface area (Å²) >= 11 is 0. The predicted octanol–water partition coefficient (Wildman–Crippen LogP) is 11.3. The highest BCUT2D eigenvalue weighted by Gasteiger charge is 2.31. The zero-order valence-corrected chi connectivity index (χ0v) is 30.8. The van der Waals surface area contributed by atoms with Gasteiger partial charge < -0.3 is 15.1 Å². The first-order valence-electron chi connectivity index (χ1n) is 17.2. The molecule has 0 heterocycles. The smallest absolute Gasteiger partial charge is 0.128 e. The van der Waals surface area contributed by atoms with Gasteiger partial charge in [0.05, 0.1) is 0 Å². The van der Waals surface area contributed by atoms with E-state index in [1.54, 1.807) is 0 Å². The third kappa shape index (κ3) is 10.3. The average molecular weight is 614 g/mol. The Balaban J connectivity index is 1.89. The summed E-state index contributed by atoms with van der Waals surface area (Å²) in [5.74, 6) is 1.65. The largest absolute Gasteiger partial charge is 0.507 e. The normalized spacial score (nSPS) is 14.1. The maximum absolute atomic E-state index is 11.6. The van der Waals surface area contributed by atoms with Crippen LogP contribution in [0.3, 0.4) is 0 Å². The first kappa shape index (κ1) is 36.5. The number of hydrogen-bond donors (Lipinski definition) is 2. The molecule has 0 aliphatic rings. The molecule has 0 bridgehead atoms. The lowest BCUT2D eigenvalue weighted by molar-refractivity contribution is 0.306. The molecule has 0 aliphatic heterocycles. The van der Waals surface area contributed by atoms with Crippen molar-refractivity contribution in [3.63, 3.8) is 0 Å². The minimum absolute atomic E-state index is 0.211. The first-order chi connectivity index (χ1) is 20.7. The lowest BCUT2D eigenvalue weighted by Crippen LogP contribution is -2.34. The van der Waals surface area contributed by atoms with Crippen LogP contribution in [-0.2, 0) is 30.2 Å². The second-order valence-corrected chi connectivity index (χ2v) is 17.5. The summed E-state index contributed by atoms with van der Waals surface area (Å²) < 4.78 is 0. The molecule has 3 nitrogen and oxygen atoms in total. The van der Waals surface area contributed by atoms with Crippen LogP contribution in [0.25, 0.3) is 0 Å².